The summed E-state index contributed by atoms with van der Waals surface area (Å²) in [4.78, 5) is 24.0. The molecule has 100 valence electrons. The van der Waals surface area contributed by atoms with Gasteiger partial charge in [0.15, 0.2) is 0 Å². The van der Waals surface area contributed by atoms with Gasteiger partial charge in [0.25, 0.3) is 0 Å². The SMILES string of the molecule is O=C(O)CN(C(=O)NCCC1=CCCC1)C1CC1. The Kier molecular flexibility index (Phi) is 4.23. The first-order valence-corrected chi connectivity index (χ1v) is 6.61. The van der Waals surface area contributed by atoms with Gasteiger partial charge in [0.2, 0.25) is 0 Å². The highest BCUT2D eigenvalue weighted by atomic mass is 16.4. The molecule has 5 heteroatoms. The standard InChI is InChI=1S/C13H20N2O3/c16-12(17)9-15(11-5-6-11)13(18)14-8-7-10-3-1-2-4-10/h3,11H,1-2,4-9H2,(H,14,18)(H,16,17). The van der Waals surface area contributed by atoms with Crippen LogP contribution in [0.15, 0.2) is 11.6 Å². The molecule has 2 N–H and O–H groups in total. The van der Waals surface area contributed by atoms with E-state index >= 15 is 0 Å². The molecule has 1 fully saturated rings. The fourth-order valence-electron chi connectivity index (χ4n) is 2.29. The maximum atomic E-state index is 11.9. The average molecular weight is 252 g/mol. The fourth-order valence-corrected chi connectivity index (χ4v) is 2.29. The molecule has 5 nitrogen and oxygen atoms in total. The molecule has 0 aromatic rings. The second-order valence-electron chi connectivity index (χ2n) is 4.99. The highest BCUT2D eigenvalue weighted by Crippen LogP contribution is 2.26. The summed E-state index contributed by atoms with van der Waals surface area (Å²) in [6.07, 6.45) is 8.47. The Labute approximate surface area is 107 Å². The van der Waals surface area contributed by atoms with Crippen LogP contribution < -0.4 is 5.32 Å². The van der Waals surface area contributed by atoms with Crippen LogP contribution in [-0.2, 0) is 4.79 Å². The molecule has 0 spiro atoms. The fraction of sp³-hybridized carbons (Fsp3) is 0.692. The lowest BCUT2D eigenvalue weighted by Crippen LogP contribution is -2.44. The Bertz CT molecular complexity index is 361. The van der Waals surface area contributed by atoms with Crippen LogP contribution >= 0.6 is 0 Å². The Morgan fingerprint density at radius 2 is 2.22 bits per heavy atom. The third kappa shape index (κ3) is 3.75. The smallest absolute Gasteiger partial charge is 0.323 e. The van der Waals surface area contributed by atoms with Gasteiger partial charge in [-0.15, -0.1) is 0 Å². The van der Waals surface area contributed by atoms with Crippen molar-refractivity contribution in [2.45, 2.75) is 44.6 Å². The molecule has 0 unspecified atom stereocenters. The van der Waals surface area contributed by atoms with Crippen LogP contribution in [0.3, 0.4) is 0 Å². The molecular formula is C13H20N2O3. The van der Waals surface area contributed by atoms with Gasteiger partial charge >= 0.3 is 12.0 Å². The van der Waals surface area contributed by atoms with Gasteiger partial charge in [-0.3, -0.25) is 4.79 Å². The summed E-state index contributed by atoms with van der Waals surface area (Å²) in [5.41, 5.74) is 1.41. The number of hydrogen-bond donors (Lipinski definition) is 2. The lowest BCUT2D eigenvalue weighted by atomic mass is 10.2. The van der Waals surface area contributed by atoms with Crippen LogP contribution in [-0.4, -0.2) is 41.1 Å². The first kappa shape index (κ1) is 12.9. The van der Waals surface area contributed by atoms with Crippen molar-refractivity contribution in [2.24, 2.45) is 0 Å². The van der Waals surface area contributed by atoms with E-state index in [-0.39, 0.29) is 18.6 Å². The van der Waals surface area contributed by atoms with E-state index in [9.17, 15) is 9.59 Å². The van der Waals surface area contributed by atoms with E-state index in [1.165, 1.54) is 16.9 Å². The molecule has 1 saturated carbocycles. The number of urea groups is 1. The minimum absolute atomic E-state index is 0.131. The maximum absolute atomic E-state index is 11.9. The number of nitrogens with one attached hydrogen (secondary N) is 1. The molecule has 2 aliphatic rings. The quantitative estimate of drug-likeness (QED) is 0.707. The highest BCUT2D eigenvalue weighted by Gasteiger charge is 2.33. The molecule has 0 atom stereocenters. The van der Waals surface area contributed by atoms with Crippen molar-refractivity contribution < 1.29 is 14.7 Å². The van der Waals surface area contributed by atoms with Gasteiger partial charge in [0.05, 0.1) is 0 Å². The van der Waals surface area contributed by atoms with E-state index in [0.29, 0.717) is 6.54 Å². The molecule has 0 aromatic carbocycles. The zero-order valence-corrected chi connectivity index (χ0v) is 10.5. The van der Waals surface area contributed by atoms with Crippen molar-refractivity contribution in [1.82, 2.24) is 10.2 Å². The summed E-state index contributed by atoms with van der Waals surface area (Å²) in [5, 5.41) is 11.6. The lowest BCUT2D eigenvalue weighted by molar-refractivity contribution is -0.137. The molecule has 18 heavy (non-hydrogen) atoms. The van der Waals surface area contributed by atoms with E-state index in [2.05, 4.69) is 11.4 Å². The number of carboxylic acid groups (broad SMARTS) is 1. The molecule has 2 rings (SSSR count). The third-order valence-corrected chi connectivity index (χ3v) is 3.41. The summed E-state index contributed by atoms with van der Waals surface area (Å²) in [5.74, 6) is -0.949. The molecular weight excluding hydrogens is 232 g/mol. The van der Waals surface area contributed by atoms with Crippen LogP contribution in [0, 0.1) is 0 Å². The Hall–Kier alpha value is -1.52. The third-order valence-electron chi connectivity index (χ3n) is 3.41. The number of rotatable bonds is 6. The van der Waals surface area contributed by atoms with Gasteiger partial charge in [-0.1, -0.05) is 11.6 Å². The molecule has 0 aromatic heterocycles. The van der Waals surface area contributed by atoms with Crippen LogP contribution in [0.4, 0.5) is 4.79 Å². The second-order valence-corrected chi connectivity index (χ2v) is 4.99. The van der Waals surface area contributed by atoms with E-state index in [1.807, 2.05) is 0 Å². The van der Waals surface area contributed by atoms with Gasteiger partial charge in [-0.25, -0.2) is 4.79 Å². The molecule has 2 amide bonds. The number of carbonyl (C=O) groups excluding carboxylic acids is 1. The monoisotopic (exact) mass is 252 g/mol. The van der Waals surface area contributed by atoms with Crippen molar-refractivity contribution in [3.05, 3.63) is 11.6 Å². The predicted molar refractivity (Wildman–Crippen MR) is 67.3 cm³/mol. The number of allylic oxidation sites excluding steroid dienone is 1. The van der Waals surface area contributed by atoms with E-state index in [4.69, 9.17) is 5.11 Å². The molecule has 0 heterocycles. The van der Waals surface area contributed by atoms with E-state index in [1.54, 1.807) is 0 Å². The highest BCUT2D eigenvalue weighted by molar-refractivity contribution is 5.80. The zero-order chi connectivity index (χ0) is 13.0. The lowest BCUT2D eigenvalue weighted by Gasteiger charge is -2.20. The van der Waals surface area contributed by atoms with Gasteiger partial charge in [-0.2, -0.15) is 0 Å². The van der Waals surface area contributed by atoms with Crippen molar-refractivity contribution in [2.75, 3.05) is 13.1 Å². The number of carbonyl (C=O) groups is 2. The van der Waals surface area contributed by atoms with Crippen LogP contribution in [0.1, 0.15) is 38.5 Å². The summed E-state index contributed by atoms with van der Waals surface area (Å²) in [6.45, 7) is 0.409. The van der Waals surface area contributed by atoms with Gasteiger partial charge in [0, 0.05) is 12.6 Å². The number of nitrogens with zero attached hydrogens (tertiary/aromatic N) is 1. The maximum Gasteiger partial charge on any atom is 0.323 e. The molecule has 0 aliphatic heterocycles. The van der Waals surface area contributed by atoms with Crippen LogP contribution in [0.25, 0.3) is 0 Å². The average Bonchev–Trinajstić information content (AvgIpc) is 3.03. The van der Waals surface area contributed by atoms with E-state index in [0.717, 1.165) is 32.1 Å². The number of aliphatic carboxylic acids is 1. The minimum Gasteiger partial charge on any atom is -0.480 e. The number of amides is 2. The summed E-state index contributed by atoms with van der Waals surface area (Å²) < 4.78 is 0. The summed E-state index contributed by atoms with van der Waals surface area (Å²) >= 11 is 0. The number of carboxylic acids is 1. The molecule has 0 bridgehead atoms. The van der Waals surface area contributed by atoms with Crippen LogP contribution in [0.5, 0.6) is 0 Å². The van der Waals surface area contributed by atoms with Crippen molar-refractivity contribution in [3.63, 3.8) is 0 Å². The van der Waals surface area contributed by atoms with Crippen molar-refractivity contribution in [1.29, 1.82) is 0 Å². The Morgan fingerprint density at radius 3 is 2.78 bits per heavy atom. The van der Waals surface area contributed by atoms with Crippen LogP contribution in [0.2, 0.25) is 0 Å². The first-order valence-electron chi connectivity index (χ1n) is 6.61. The van der Waals surface area contributed by atoms with Crippen molar-refractivity contribution >= 4 is 12.0 Å². The largest absolute Gasteiger partial charge is 0.480 e. The van der Waals surface area contributed by atoms with Gasteiger partial charge < -0.3 is 15.3 Å². The second kappa shape index (κ2) is 5.89. The summed E-state index contributed by atoms with van der Waals surface area (Å²) in [7, 11) is 0. The summed E-state index contributed by atoms with van der Waals surface area (Å²) in [6, 6.07) is -0.106. The minimum atomic E-state index is -0.949. The molecule has 0 saturated heterocycles. The Balaban J connectivity index is 1.72. The van der Waals surface area contributed by atoms with Crippen molar-refractivity contribution in [3.8, 4) is 0 Å². The van der Waals surface area contributed by atoms with Gasteiger partial charge in [-0.05, 0) is 38.5 Å². The Morgan fingerprint density at radius 1 is 1.44 bits per heavy atom. The zero-order valence-electron chi connectivity index (χ0n) is 10.5. The molecule has 2 aliphatic carbocycles. The number of hydrogen-bond acceptors (Lipinski definition) is 2. The normalized spacial score (nSPS) is 18.3. The molecule has 0 radical (unpaired) electrons. The van der Waals surface area contributed by atoms with E-state index < -0.39 is 5.97 Å². The first-order chi connectivity index (χ1) is 8.66. The van der Waals surface area contributed by atoms with Gasteiger partial charge in [0.1, 0.15) is 6.54 Å². The topological polar surface area (TPSA) is 69.6 Å². The predicted octanol–water partition coefficient (Wildman–Crippen LogP) is 1.75.